The molecule has 16 heavy (non-hydrogen) atoms. The Morgan fingerprint density at radius 2 is 1.62 bits per heavy atom. The fraction of sp³-hybridized carbons (Fsp3) is 0.909. The molecule has 0 aromatic rings. The summed E-state index contributed by atoms with van der Waals surface area (Å²) in [5.74, 6) is -0.0730. The monoisotopic (exact) mass is 233 g/mol. The normalized spacial score (nSPS) is 10.4. The Labute approximate surface area is 97.4 Å². The van der Waals surface area contributed by atoms with Crippen LogP contribution in [0.5, 0.6) is 0 Å². The van der Waals surface area contributed by atoms with Crippen LogP contribution in [0.3, 0.4) is 0 Å². The van der Waals surface area contributed by atoms with E-state index in [2.05, 4.69) is 5.32 Å². The molecular weight excluding hydrogens is 210 g/mol. The first-order valence-electron chi connectivity index (χ1n) is 5.81. The molecule has 0 aromatic carbocycles. The first-order valence-corrected chi connectivity index (χ1v) is 5.81. The van der Waals surface area contributed by atoms with E-state index >= 15 is 0 Å². The molecule has 0 atom stereocenters. The number of hydrogen-bond acceptors (Lipinski definition) is 4. The zero-order chi connectivity index (χ0) is 12.1. The van der Waals surface area contributed by atoms with Crippen molar-refractivity contribution in [3.63, 3.8) is 0 Å². The second-order valence-corrected chi connectivity index (χ2v) is 3.21. The van der Waals surface area contributed by atoms with Gasteiger partial charge in [0.1, 0.15) is 6.61 Å². The highest BCUT2D eigenvalue weighted by atomic mass is 16.5. The van der Waals surface area contributed by atoms with Crippen LogP contribution in [0.4, 0.5) is 0 Å². The van der Waals surface area contributed by atoms with Gasteiger partial charge in [-0.15, -0.1) is 0 Å². The minimum Gasteiger partial charge on any atom is -0.379 e. The third kappa shape index (κ3) is 11.4. The van der Waals surface area contributed by atoms with Crippen LogP contribution in [0.1, 0.15) is 20.3 Å². The van der Waals surface area contributed by atoms with Crippen molar-refractivity contribution in [1.29, 1.82) is 0 Å². The molecule has 0 spiro atoms. The summed E-state index contributed by atoms with van der Waals surface area (Å²) in [6, 6.07) is 0. The van der Waals surface area contributed by atoms with E-state index in [0.717, 1.165) is 6.42 Å². The maximum atomic E-state index is 11.1. The van der Waals surface area contributed by atoms with Gasteiger partial charge in [0.2, 0.25) is 5.91 Å². The summed E-state index contributed by atoms with van der Waals surface area (Å²) in [5, 5.41) is 2.73. The lowest BCUT2D eigenvalue weighted by molar-refractivity contribution is -0.126. The van der Waals surface area contributed by atoms with Gasteiger partial charge in [0, 0.05) is 13.2 Å². The molecule has 0 saturated carbocycles. The molecule has 0 aliphatic heterocycles. The SMILES string of the molecule is CCCNC(=O)COCCOCCOCC. The molecule has 0 unspecified atom stereocenters. The molecule has 0 aliphatic carbocycles. The van der Waals surface area contributed by atoms with E-state index in [0.29, 0.717) is 39.6 Å². The van der Waals surface area contributed by atoms with E-state index < -0.39 is 0 Å². The van der Waals surface area contributed by atoms with Crippen molar-refractivity contribution in [3.05, 3.63) is 0 Å². The van der Waals surface area contributed by atoms with Gasteiger partial charge in [-0.05, 0) is 13.3 Å². The van der Waals surface area contributed by atoms with Crippen LogP contribution in [-0.4, -0.2) is 52.1 Å². The summed E-state index contributed by atoms with van der Waals surface area (Å²) in [7, 11) is 0. The van der Waals surface area contributed by atoms with Crippen molar-refractivity contribution >= 4 is 5.91 Å². The van der Waals surface area contributed by atoms with Crippen LogP contribution in [0.25, 0.3) is 0 Å². The Kier molecular flexibility index (Phi) is 11.9. The number of nitrogens with one attached hydrogen (secondary N) is 1. The number of rotatable bonds is 11. The van der Waals surface area contributed by atoms with E-state index in [1.54, 1.807) is 0 Å². The van der Waals surface area contributed by atoms with Gasteiger partial charge in [0.05, 0.1) is 26.4 Å². The van der Waals surface area contributed by atoms with Gasteiger partial charge in [0.15, 0.2) is 0 Å². The quantitative estimate of drug-likeness (QED) is 0.530. The summed E-state index contributed by atoms with van der Waals surface area (Å²) >= 11 is 0. The first kappa shape index (κ1) is 15.3. The second kappa shape index (κ2) is 12.4. The Morgan fingerprint density at radius 1 is 1.00 bits per heavy atom. The number of carbonyl (C=O) groups is 1. The van der Waals surface area contributed by atoms with Crippen molar-refractivity contribution in [3.8, 4) is 0 Å². The lowest BCUT2D eigenvalue weighted by Gasteiger charge is -2.06. The maximum absolute atomic E-state index is 11.1. The van der Waals surface area contributed by atoms with Crippen molar-refractivity contribution in [2.24, 2.45) is 0 Å². The third-order valence-corrected chi connectivity index (χ3v) is 1.75. The topological polar surface area (TPSA) is 56.8 Å². The molecule has 96 valence electrons. The summed E-state index contributed by atoms with van der Waals surface area (Å²) < 4.78 is 15.4. The van der Waals surface area contributed by atoms with Gasteiger partial charge < -0.3 is 19.5 Å². The zero-order valence-corrected chi connectivity index (χ0v) is 10.3. The maximum Gasteiger partial charge on any atom is 0.245 e. The zero-order valence-electron chi connectivity index (χ0n) is 10.3. The lowest BCUT2D eigenvalue weighted by Crippen LogP contribution is -2.28. The molecule has 0 aliphatic rings. The molecular formula is C11H23NO4. The van der Waals surface area contributed by atoms with Crippen LogP contribution in [0.15, 0.2) is 0 Å². The van der Waals surface area contributed by atoms with E-state index in [1.165, 1.54) is 0 Å². The third-order valence-electron chi connectivity index (χ3n) is 1.75. The number of carbonyl (C=O) groups excluding carboxylic acids is 1. The average Bonchev–Trinajstić information content (AvgIpc) is 2.30. The Bertz CT molecular complexity index is 164. The van der Waals surface area contributed by atoms with E-state index in [1.807, 2.05) is 13.8 Å². The highest BCUT2D eigenvalue weighted by Crippen LogP contribution is 1.81. The molecule has 0 radical (unpaired) electrons. The molecule has 0 saturated heterocycles. The number of ether oxygens (including phenoxy) is 3. The van der Waals surface area contributed by atoms with Gasteiger partial charge in [0.25, 0.3) is 0 Å². The van der Waals surface area contributed by atoms with Gasteiger partial charge in [-0.1, -0.05) is 6.92 Å². The summed E-state index contributed by atoms with van der Waals surface area (Å²) in [5.41, 5.74) is 0. The second-order valence-electron chi connectivity index (χ2n) is 3.21. The molecule has 0 fully saturated rings. The van der Waals surface area contributed by atoms with Crippen LogP contribution in [-0.2, 0) is 19.0 Å². The molecule has 0 aromatic heterocycles. The molecule has 0 bridgehead atoms. The highest BCUT2D eigenvalue weighted by Gasteiger charge is 1.98. The molecule has 1 N–H and O–H groups in total. The molecule has 0 heterocycles. The summed E-state index contributed by atoms with van der Waals surface area (Å²) in [4.78, 5) is 11.1. The first-order chi connectivity index (χ1) is 7.81. The predicted molar refractivity (Wildman–Crippen MR) is 61.4 cm³/mol. The fourth-order valence-corrected chi connectivity index (χ4v) is 0.962. The largest absolute Gasteiger partial charge is 0.379 e. The number of hydrogen-bond donors (Lipinski definition) is 1. The van der Waals surface area contributed by atoms with Gasteiger partial charge in [-0.25, -0.2) is 0 Å². The van der Waals surface area contributed by atoms with Crippen molar-refractivity contribution in [2.45, 2.75) is 20.3 Å². The van der Waals surface area contributed by atoms with Crippen LogP contribution < -0.4 is 5.32 Å². The Balaban J connectivity index is 3.05. The van der Waals surface area contributed by atoms with Crippen molar-refractivity contribution in [1.82, 2.24) is 5.32 Å². The lowest BCUT2D eigenvalue weighted by atomic mass is 10.5. The Morgan fingerprint density at radius 3 is 2.25 bits per heavy atom. The fourth-order valence-electron chi connectivity index (χ4n) is 0.962. The van der Waals surface area contributed by atoms with Crippen LogP contribution >= 0.6 is 0 Å². The van der Waals surface area contributed by atoms with Gasteiger partial charge in [-0.2, -0.15) is 0 Å². The molecule has 0 rings (SSSR count). The van der Waals surface area contributed by atoms with E-state index in [9.17, 15) is 4.79 Å². The smallest absolute Gasteiger partial charge is 0.245 e. The minimum atomic E-state index is -0.0730. The van der Waals surface area contributed by atoms with E-state index in [4.69, 9.17) is 14.2 Å². The Hall–Kier alpha value is -0.650. The number of amides is 1. The highest BCUT2D eigenvalue weighted by molar-refractivity contribution is 5.77. The van der Waals surface area contributed by atoms with Gasteiger partial charge >= 0.3 is 0 Å². The van der Waals surface area contributed by atoms with Gasteiger partial charge in [-0.3, -0.25) is 4.79 Å². The van der Waals surface area contributed by atoms with Crippen LogP contribution in [0, 0.1) is 0 Å². The van der Waals surface area contributed by atoms with E-state index in [-0.39, 0.29) is 12.5 Å². The average molecular weight is 233 g/mol. The molecule has 1 amide bonds. The minimum absolute atomic E-state index is 0.0730. The summed E-state index contributed by atoms with van der Waals surface area (Å²) in [6.07, 6.45) is 0.937. The van der Waals surface area contributed by atoms with Crippen molar-refractivity contribution in [2.75, 3.05) is 46.2 Å². The molecule has 5 nitrogen and oxygen atoms in total. The summed E-state index contributed by atoms with van der Waals surface area (Å²) in [6.45, 7) is 7.57. The predicted octanol–water partition coefficient (Wildman–Crippen LogP) is 0.582. The van der Waals surface area contributed by atoms with Crippen molar-refractivity contribution < 1.29 is 19.0 Å². The standard InChI is InChI=1S/C11H23NO4/c1-3-5-12-11(13)10-16-9-8-15-7-6-14-4-2/h3-10H2,1-2H3,(H,12,13). The van der Waals surface area contributed by atoms with Crippen LogP contribution in [0.2, 0.25) is 0 Å². The molecule has 5 heteroatoms.